The van der Waals surface area contributed by atoms with Crippen molar-refractivity contribution in [1.29, 1.82) is 0 Å². The maximum atomic E-state index is 12.7. The summed E-state index contributed by atoms with van der Waals surface area (Å²) in [6.07, 6.45) is 1.17. The summed E-state index contributed by atoms with van der Waals surface area (Å²) < 4.78 is 38.1. The maximum Gasteiger partial charge on any atom is 0.417 e. The van der Waals surface area contributed by atoms with Crippen molar-refractivity contribution in [3.8, 4) is 0 Å². The largest absolute Gasteiger partial charge is 0.417 e. The Morgan fingerprint density at radius 3 is 2.35 bits per heavy atom. The van der Waals surface area contributed by atoms with Gasteiger partial charge in [0.25, 0.3) is 0 Å². The zero-order valence-electron chi connectivity index (χ0n) is 14.2. The highest BCUT2D eigenvalue weighted by atomic mass is 19.4. The normalized spacial score (nSPS) is 15.3. The Labute approximate surface area is 136 Å². The molecule has 0 unspecified atom stereocenters. The predicted molar refractivity (Wildman–Crippen MR) is 86.4 cm³/mol. The van der Waals surface area contributed by atoms with E-state index in [4.69, 9.17) is 0 Å². The molecule has 1 aliphatic rings. The molecule has 1 aromatic heterocycles. The van der Waals surface area contributed by atoms with Crippen LogP contribution in [-0.4, -0.2) is 23.2 Å². The first kappa shape index (κ1) is 19.7. The van der Waals surface area contributed by atoms with E-state index in [0.717, 1.165) is 31.6 Å². The quantitative estimate of drug-likeness (QED) is 0.853. The Bertz CT molecular complexity index is 471. The molecule has 0 spiro atoms. The molecule has 1 aromatic rings. The second-order valence-electron chi connectivity index (χ2n) is 5.55. The van der Waals surface area contributed by atoms with Gasteiger partial charge in [-0.1, -0.05) is 26.7 Å². The molecule has 0 amide bonds. The lowest BCUT2D eigenvalue weighted by Crippen LogP contribution is -2.30. The molecular weight excluding hydrogens is 305 g/mol. The van der Waals surface area contributed by atoms with Crippen LogP contribution in [0.15, 0.2) is 12.3 Å². The molecule has 1 fully saturated rings. The van der Waals surface area contributed by atoms with Crippen LogP contribution in [0.4, 0.5) is 19.0 Å². The third-order valence-corrected chi connectivity index (χ3v) is 4.08. The first-order valence-corrected chi connectivity index (χ1v) is 8.37. The van der Waals surface area contributed by atoms with E-state index in [0.29, 0.717) is 18.3 Å². The molecule has 0 aliphatic heterocycles. The molecule has 23 heavy (non-hydrogen) atoms. The monoisotopic (exact) mass is 332 g/mol. The average molecular weight is 332 g/mol. The molecule has 0 saturated heterocycles. The number of anilines is 1. The standard InChI is InChI=1S/C15H21F3N2O.C2H6/c1-2-20(9-11-5-3-4-6-11)14-12(10-21)7-13(8-19-14)15(16,17)18;1-2/h7-8,11,21H,2-6,9-10H2,1H3;1-2H3. The van der Waals surface area contributed by atoms with E-state index >= 15 is 0 Å². The van der Waals surface area contributed by atoms with E-state index in [1.165, 1.54) is 12.8 Å². The number of aliphatic hydroxyl groups excluding tert-OH is 1. The van der Waals surface area contributed by atoms with Gasteiger partial charge in [0, 0.05) is 24.8 Å². The van der Waals surface area contributed by atoms with Gasteiger partial charge in [0.2, 0.25) is 0 Å². The average Bonchev–Trinajstić information content (AvgIpc) is 3.06. The Morgan fingerprint density at radius 2 is 1.87 bits per heavy atom. The second-order valence-corrected chi connectivity index (χ2v) is 5.55. The number of rotatable bonds is 5. The second kappa shape index (κ2) is 9.11. The molecule has 132 valence electrons. The first-order valence-electron chi connectivity index (χ1n) is 8.37. The van der Waals surface area contributed by atoms with Crippen molar-refractivity contribution >= 4 is 5.82 Å². The van der Waals surface area contributed by atoms with E-state index in [1.54, 1.807) is 0 Å². The molecule has 3 nitrogen and oxygen atoms in total. The minimum absolute atomic E-state index is 0.240. The van der Waals surface area contributed by atoms with Crippen LogP contribution in [0.3, 0.4) is 0 Å². The summed E-state index contributed by atoms with van der Waals surface area (Å²) in [4.78, 5) is 5.95. The van der Waals surface area contributed by atoms with Gasteiger partial charge in [-0.25, -0.2) is 4.98 Å². The molecule has 1 heterocycles. The molecule has 0 bridgehead atoms. The fourth-order valence-electron chi connectivity index (χ4n) is 2.93. The summed E-state index contributed by atoms with van der Waals surface area (Å²) in [5.41, 5.74) is -0.572. The van der Waals surface area contributed by atoms with Gasteiger partial charge in [-0.3, -0.25) is 0 Å². The van der Waals surface area contributed by atoms with Gasteiger partial charge < -0.3 is 10.0 Å². The molecule has 0 atom stereocenters. The minimum atomic E-state index is -4.43. The number of aromatic nitrogens is 1. The first-order chi connectivity index (χ1) is 11.0. The van der Waals surface area contributed by atoms with Gasteiger partial charge in [-0.2, -0.15) is 13.2 Å². The topological polar surface area (TPSA) is 36.4 Å². The van der Waals surface area contributed by atoms with E-state index in [2.05, 4.69) is 4.98 Å². The van der Waals surface area contributed by atoms with E-state index in [9.17, 15) is 18.3 Å². The number of hydrogen-bond donors (Lipinski definition) is 1. The molecule has 1 N–H and O–H groups in total. The number of alkyl halides is 3. The highest BCUT2D eigenvalue weighted by Crippen LogP contribution is 2.32. The predicted octanol–water partition coefficient (Wildman–Crippen LogP) is 4.64. The third kappa shape index (κ3) is 5.37. The van der Waals surface area contributed by atoms with Crippen molar-refractivity contribution in [2.45, 2.75) is 59.2 Å². The van der Waals surface area contributed by atoms with Crippen LogP contribution in [0.5, 0.6) is 0 Å². The van der Waals surface area contributed by atoms with Gasteiger partial charge in [0.05, 0.1) is 12.2 Å². The van der Waals surface area contributed by atoms with E-state index in [1.807, 2.05) is 25.7 Å². The summed E-state index contributed by atoms with van der Waals surface area (Å²) in [7, 11) is 0. The highest BCUT2D eigenvalue weighted by molar-refractivity contribution is 5.48. The van der Waals surface area contributed by atoms with Crippen LogP contribution in [-0.2, 0) is 12.8 Å². The van der Waals surface area contributed by atoms with Crippen LogP contribution in [0.1, 0.15) is 57.6 Å². The van der Waals surface area contributed by atoms with Crippen molar-refractivity contribution in [3.05, 3.63) is 23.4 Å². The van der Waals surface area contributed by atoms with Crippen LogP contribution >= 0.6 is 0 Å². The maximum absolute atomic E-state index is 12.7. The van der Waals surface area contributed by atoms with Crippen molar-refractivity contribution in [2.24, 2.45) is 5.92 Å². The lowest BCUT2D eigenvalue weighted by molar-refractivity contribution is -0.137. The number of aliphatic hydroxyl groups is 1. The fraction of sp³-hybridized carbons (Fsp3) is 0.706. The number of pyridine rings is 1. The number of halogens is 3. The van der Waals surface area contributed by atoms with Crippen LogP contribution in [0.25, 0.3) is 0 Å². The Hall–Kier alpha value is -1.30. The molecule has 1 aliphatic carbocycles. The lowest BCUT2D eigenvalue weighted by atomic mass is 10.1. The van der Waals surface area contributed by atoms with Crippen molar-refractivity contribution < 1.29 is 18.3 Å². The lowest BCUT2D eigenvalue weighted by Gasteiger charge is -2.27. The minimum Gasteiger partial charge on any atom is -0.392 e. The zero-order valence-corrected chi connectivity index (χ0v) is 14.2. The molecule has 0 radical (unpaired) electrons. The summed E-state index contributed by atoms with van der Waals surface area (Å²) in [6.45, 7) is 6.98. The smallest absolute Gasteiger partial charge is 0.392 e. The van der Waals surface area contributed by atoms with Crippen LogP contribution in [0, 0.1) is 5.92 Å². The summed E-state index contributed by atoms with van der Waals surface area (Å²) in [5, 5.41) is 9.38. The van der Waals surface area contributed by atoms with E-state index in [-0.39, 0.29) is 5.56 Å². The van der Waals surface area contributed by atoms with Gasteiger partial charge in [0.15, 0.2) is 0 Å². The van der Waals surface area contributed by atoms with Gasteiger partial charge in [-0.05, 0) is 31.7 Å². The fourth-order valence-corrected chi connectivity index (χ4v) is 2.93. The summed E-state index contributed by atoms with van der Waals surface area (Å²) in [5.74, 6) is 1.04. The Balaban J connectivity index is 0.00000127. The molecule has 0 aromatic carbocycles. The summed E-state index contributed by atoms with van der Waals surface area (Å²) in [6, 6.07) is 1.000. The molecular formula is C17H27F3N2O. The van der Waals surface area contributed by atoms with Gasteiger partial charge in [0.1, 0.15) is 5.82 Å². The zero-order chi connectivity index (χ0) is 17.5. The van der Waals surface area contributed by atoms with Crippen LogP contribution in [0.2, 0.25) is 0 Å². The Morgan fingerprint density at radius 1 is 1.26 bits per heavy atom. The van der Waals surface area contributed by atoms with Crippen molar-refractivity contribution in [1.82, 2.24) is 4.98 Å². The molecule has 1 saturated carbocycles. The van der Waals surface area contributed by atoms with Crippen LogP contribution < -0.4 is 4.90 Å². The summed E-state index contributed by atoms with van der Waals surface area (Å²) >= 11 is 0. The van der Waals surface area contributed by atoms with Gasteiger partial charge in [-0.15, -0.1) is 0 Å². The number of nitrogens with zero attached hydrogens (tertiary/aromatic N) is 2. The van der Waals surface area contributed by atoms with Crippen molar-refractivity contribution in [3.63, 3.8) is 0 Å². The third-order valence-electron chi connectivity index (χ3n) is 4.08. The van der Waals surface area contributed by atoms with Crippen molar-refractivity contribution in [2.75, 3.05) is 18.0 Å². The highest BCUT2D eigenvalue weighted by Gasteiger charge is 2.32. The van der Waals surface area contributed by atoms with E-state index < -0.39 is 18.3 Å². The SMILES string of the molecule is CC.CCN(CC1CCCC1)c1ncc(C(F)(F)F)cc1CO. The molecule has 2 rings (SSSR count). The number of hydrogen-bond acceptors (Lipinski definition) is 3. The molecule has 6 heteroatoms. The Kier molecular flexibility index (Phi) is 7.82. The van der Waals surface area contributed by atoms with Gasteiger partial charge >= 0.3 is 6.18 Å².